The highest BCUT2D eigenvalue weighted by molar-refractivity contribution is 5.60. The summed E-state index contributed by atoms with van der Waals surface area (Å²) in [5.41, 5.74) is -0.00184. The summed E-state index contributed by atoms with van der Waals surface area (Å²) in [5.74, 6) is 0. The van der Waals surface area contributed by atoms with Crippen LogP contribution in [0.25, 0.3) is 0 Å². The third-order valence-electron chi connectivity index (χ3n) is 4.96. The fourth-order valence-corrected chi connectivity index (χ4v) is 3.83. The van der Waals surface area contributed by atoms with E-state index in [9.17, 15) is 4.79 Å². The van der Waals surface area contributed by atoms with Crippen LogP contribution >= 0.6 is 0 Å². The van der Waals surface area contributed by atoms with Gasteiger partial charge in [-0.05, 0) is 38.9 Å². The quantitative estimate of drug-likeness (QED) is 0.677. The van der Waals surface area contributed by atoms with Crippen molar-refractivity contribution in [1.82, 2.24) is 9.80 Å². The highest BCUT2D eigenvalue weighted by Crippen LogP contribution is 2.37. The first-order valence-electron chi connectivity index (χ1n) is 7.66. The summed E-state index contributed by atoms with van der Waals surface area (Å²) >= 11 is 0. The molecule has 1 unspecified atom stereocenters. The normalized spacial score (nSPS) is 28.1. The highest BCUT2D eigenvalue weighted by atomic mass is 16.1. The molecule has 2 aliphatic rings. The van der Waals surface area contributed by atoms with Crippen LogP contribution in [0, 0.1) is 5.41 Å². The molecule has 0 aromatic heterocycles. The Labute approximate surface area is 112 Å². The van der Waals surface area contributed by atoms with Gasteiger partial charge in [-0.2, -0.15) is 0 Å². The number of rotatable bonds is 6. The summed E-state index contributed by atoms with van der Waals surface area (Å²) in [6.45, 7) is 10.1. The molecule has 104 valence electrons. The van der Waals surface area contributed by atoms with Gasteiger partial charge in [-0.15, -0.1) is 0 Å². The van der Waals surface area contributed by atoms with Gasteiger partial charge in [0.05, 0.1) is 0 Å². The van der Waals surface area contributed by atoms with E-state index in [2.05, 4.69) is 23.6 Å². The van der Waals surface area contributed by atoms with Crippen molar-refractivity contribution in [3.05, 3.63) is 0 Å². The van der Waals surface area contributed by atoms with E-state index < -0.39 is 0 Å². The van der Waals surface area contributed by atoms with Crippen molar-refractivity contribution in [1.29, 1.82) is 0 Å². The number of aldehydes is 1. The van der Waals surface area contributed by atoms with Crippen LogP contribution in [0.3, 0.4) is 0 Å². The first-order valence-corrected chi connectivity index (χ1v) is 7.66. The Bertz CT molecular complexity index is 270. The molecule has 0 aromatic rings. The second-order valence-corrected chi connectivity index (χ2v) is 6.09. The molecule has 3 heteroatoms. The molecule has 1 aliphatic heterocycles. The molecular formula is C15H28N2O. The summed E-state index contributed by atoms with van der Waals surface area (Å²) in [4.78, 5) is 16.5. The van der Waals surface area contributed by atoms with Crippen LogP contribution in [0.4, 0.5) is 0 Å². The van der Waals surface area contributed by atoms with Gasteiger partial charge in [0.1, 0.15) is 6.29 Å². The van der Waals surface area contributed by atoms with Crippen LogP contribution in [-0.4, -0.2) is 54.9 Å². The second-order valence-electron chi connectivity index (χ2n) is 6.09. The summed E-state index contributed by atoms with van der Waals surface area (Å²) in [6, 6.07) is 0.713. The minimum atomic E-state index is -0.00184. The van der Waals surface area contributed by atoms with Gasteiger partial charge in [0.25, 0.3) is 0 Å². The summed E-state index contributed by atoms with van der Waals surface area (Å²) in [6.07, 6.45) is 7.24. The van der Waals surface area contributed by atoms with E-state index in [1.807, 2.05) is 0 Å². The lowest BCUT2D eigenvalue weighted by atomic mass is 9.87. The predicted octanol–water partition coefficient (Wildman–Crippen LogP) is 2.16. The molecular weight excluding hydrogens is 224 g/mol. The van der Waals surface area contributed by atoms with Gasteiger partial charge < -0.3 is 9.69 Å². The fraction of sp³-hybridized carbons (Fsp3) is 0.933. The number of hydrogen-bond acceptors (Lipinski definition) is 3. The lowest BCUT2D eigenvalue weighted by molar-refractivity contribution is -0.116. The van der Waals surface area contributed by atoms with Gasteiger partial charge in [-0.3, -0.25) is 4.90 Å². The van der Waals surface area contributed by atoms with Crippen LogP contribution < -0.4 is 0 Å². The van der Waals surface area contributed by atoms with Crippen molar-refractivity contribution < 1.29 is 4.79 Å². The molecule has 1 saturated heterocycles. The van der Waals surface area contributed by atoms with Crippen LogP contribution in [-0.2, 0) is 4.79 Å². The molecule has 0 spiro atoms. The molecule has 1 atom stereocenters. The third kappa shape index (κ3) is 2.94. The van der Waals surface area contributed by atoms with E-state index >= 15 is 0 Å². The van der Waals surface area contributed by atoms with Crippen LogP contribution in [0.1, 0.15) is 46.0 Å². The number of hydrogen-bond donors (Lipinski definition) is 0. The maximum absolute atomic E-state index is 11.4. The van der Waals surface area contributed by atoms with E-state index in [4.69, 9.17) is 0 Å². The van der Waals surface area contributed by atoms with Gasteiger partial charge in [0, 0.05) is 24.5 Å². The Morgan fingerprint density at radius 3 is 2.50 bits per heavy atom. The van der Waals surface area contributed by atoms with Crippen molar-refractivity contribution >= 4 is 6.29 Å². The first kappa shape index (κ1) is 14.0. The van der Waals surface area contributed by atoms with Crippen molar-refractivity contribution in [3.8, 4) is 0 Å². The smallest absolute Gasteiger partial charge is 0.127 e. The number of nitrogens with zero attached hydrogens (tertiary/aromatic N) is 2. The van der Waals surface area contributed by atoms with Gasteiger partial charge in [-0.1, -0.05) is 26.7 Å². The van der Waals surface area contributed by atoms with Crippen molar-refractivity contribution in [2.75, 3.05) is 32.7 Å². The zero-order valence-corrected chi connectivity index (χ0v) is 12.0. The van der Waals surface area contributed by atoms with Gasteiger partial charge in [-0.25, -0.2) is 0 Å². The van der Waals surface area contributed by atoms with Crippen molar-refractivity contribution in [2.24, 2.45) is 5.41 Å². The molecule has 0 aromatic carbocycles. The Morgan fingerprint density at radius 1 is 1.28 bits per heavy atom. The summed E-state index contributed by atoms with van der Waals surface area (Å²) in [5, 5.41) is 0. The third-order valence-corrected chi connectivity index (χ3v) is 4.96. The van der Waals surface area contributed by atoms with Gasteiger partial charge in [0.15, 0.2) is 0 Å². The topological polar surface area (TPSA) is 23.6 Å². The standard InChI is InChI=1S/C15H28N2O/c1-3-17(4-2)14-7-10-16(11-14)12-15(13-18)8-5-6-9-15/h13-14H,3-12H2,1-2H3. The molecule has 2 fully saturated rings. The Hall–Kier alpha value is -0.410. The summed E-state index contributed by atoms with van der Waals surface area (Å²) in [7, 11) is 0. The molecule has 1 saturated carbocycles. The Balaban J connectivity index is 1.87. The second kappa shape index (κ2) is 6.16. The van der Waals surface area contributed by atoms with Crippen molar-refractivity contribution in [3.63, 3.8) is 0 Å². The average molecular weight is 252 g/mol. The lowest BCUT2D eigenvalue weighted by Gasteiger charge is -2.30. The maximum Gasteiger partial charge on any atom is 0.127 e. The minimum absolute atomic E-state index is 0.00184. The number of carbonyl (C=O) groups excluding carboxylic acids is 1. The molecule has 0 bridgehead atoms. The van der Waals surface area contributed by atoms with Crippen LogP contribution in [0.5, 0.6) is 0 Å². The van der Waals surface area contributed by atoms with Crippen LogP contribution in [0.15, 0.2) is 0 Å². The van der Waals surface area contributed by atoms with E-state index in [1.165, 1.54) is 32.1 Å². The molecule has 2 rings (SSSR count). The van der Waals surface area contributed by atoms with E-state index in [0.717, 1.165) is 39.0 Å². The minimum Gasteiger partial charge on any atom is -0.303 e. The maximum atomic E-state index is 11.4. The molecule has 0 amide bonds. The number of carbonyl (C=O) groups is 1. The zero-order valence-electron chi connectivity index (χ0n) is 12.0. The molecule has 1 heterocycles. The average Bonchev–Trinajstić information content (AvgIpc) is 3.02. The number of likely N-dealkylation sites (tertiary alicyclic amines) is 1. The molecule has 1 aliphatic carbocycles. The molecule has 18 heavy (non-hydrogen) atoms. The van der Waals surface area contributed by atoms with E-state index in [1.54, 1.807) is 0 Å². The molecule has 0 N–H and O–H groups in total. The largest absolute Gasteiger partial charge is 0.303 e. The van der Waals surface area contributed by atoms with E-state index in [-0.39, 0.29) is 5.41 Å². The highest BCUT2D eigenvalue weighted by Gasteiger charge is 2.37. The summed E-state index contributed by atoms with van der Waals surface area (Å²) < 4.78 is 0. The zero-order chi connectivity index (χ0) is 13.0. The number of likely N-dealkylation sites (N-methyl/N-ethyl adjacent to an activating group) is 1. The molecule has 3 nitrogen and oxygen atoms in total. The lowest BCUT2D eigenvalue weighted by Crippen LogP contribution is -2.40. The first-order chi connectivity index (χ1) is 8.73. The monoisotopic (exact) mass is 252 g/mol. The SMILES string of the molecule is CCN(CC)C1CCN(CC2(C=O)CCCC2)C1. The Kier molecular flexibility index (Phi) is 4.79. The predicted molar refractivity (Wildman–Crippen MR) is 74.7 cm³/mol. The van der Waals surface area contributed by atoms with Gasteiger partial charge >= 0.3 is 0 Å². The van der Waals surface area contributed by atoms with E-state index in [0.29, 0.717) is 6.04 Å². The van der Waals surface area contributed by atoms with Crippen molar-refractivity contribution in [2.45, 2.75) is 52.0 Å². The van der Waals surface area contributed by atoms with Gasteiger partial charge in [0.2, 0.25) is 0 Å². The fourth-order valence-electron chi connectivity index (χ4n) is 3.83. The molecule has 0 radical (unpaired) electrons. The van der Waals surface area contributed by atoms with Crippen LogP contribution in [0.2, 0.25) is 0 Å². The Morgan fingerprint density at radius 2 is 1.94 bits per heavy atom.